The number of thioether (sulfide) groups is 1. The van der Waals surface area contributed by atoms with Gasteiger partial charge in [0.05, 0.1) is 10.0 Å². The number of fused-ring (bicyclic) bond motifs is 2. The van der Waals surface area contributed by atoms with E-state index in [1.165, 1.54) is 4.88 Å². The van der Waals surface area contributed by atoms with Gasteiger partial charge in [0, 0.05) is 22.7 Å². The smallest absolute Gasteiger partial charge is 0.211 e. The van der Waals surface area contributed by atoms with Crippen LogP contribution in [0.3, 0.4) is 0 Å². The van der Waals surface area contributed by atoms with E-state index >= 15 is 0 Å². The van der Waals surface area contributed by atoms with Crippen molar-refractivity contribution in [3.8, 4) is 0 Å². The summed E-state index contributed by atoms with van der Waals surface area (Å²) in [7, 11) is 0. The lowest BCUT2D eigenvalue weighted by Gasteiger charge is -2.07. The molecule has 3 aromatic rings. The summed E-state index contributed by atoms with van der Waals surface area (Å²) < 4.78 is 2.09. The first kappa shape index (κ1) is 18.1. The molecule has 3 nitrogen and oxygen atoms in total. The summed E-state index contributed by atoms with van der Waals surface area (Å²) in [5, 5.41) is 1.93. The van der Waals surface area contributed by atoms with Crippen molar-refractivity contribution < 1.29 is 0 Å². The zero-order valence-corrected chi connectivity index (χ0v) is 17.1. The Balaban J connectivity index is 1.73. The van der Waals surface area contributed by atoms with Gasteiger partial charge in [0.25, 0.3) is 0 Å². The maximum atomic E-state index is 12.8. The number of rotatable bonds is 5. The summed E-state index contributed by atoms with van der Waals surface area (Å²) in [4.78, 5) is 19.7. The number of benzene rings is 1. The molecule has 0 aliphatic heterocycles. The average Bonchev–Trinajstić information content (AvgIpc) is 3.23. The highest BCUT2D eigenvalue weighted by molar-refractivity contribution is 7.98. The van der Waals surface area contributed by atoms with Crippen LogP contribution in [0.4, 0.5) is 0 Å². The van der Waals surface area contributed by atoms with Crippen LogP contribution in [0.1, 0.15) is 22.4 Å². The SMILES string of the molecule is C=CCn1c(SCc2ccc(Cl)c(Cl)c2)nc2c(=O)c3c(sc21)CCC3. The number of halogens is 2. The molecule has 26 heavy (non-hydrogen) atoms. The first-order valence-corrected chi connectivity index (χ1v) is 10.9. The quantitative estimate of drug-likeness (QED) is 0.388. The van der Waals surface area contributed by atoms with Gasteiger partial charge in [-0.15, -0.1) is 17.9 Å². The topological polar surface area (TPSA) is 34.9 Å². The van der Waals surface area contributed by atoms with Crippen LogP contribution in [-0.2, 0) is 25.1 Å². The van der Waals surface area contributed by atoms with Crippen LogP contribution in [-0.4, -0.2) is 9.55 Å². The van der Waals surface area contributed by atoms with Gasteiger partial charge in [-0.25, -0.2) is 4.98 Å². The van der Waals surface area contributed by atoms with Crippen LogP contribution in [0.15, 0.2) is 40.8 Å². The highest BCUT2D eigenvalue weighted by Crippen LogP contribution is 2.33. The lowest BCUT2D eigenvalue weighted by atomic mass is 10.2. The maximum Gasteiger partial charge on any atom is 0.211 e. The Labute approximate surface area is 169 Å². The molecule has 134 valence electrons. The number of imidazole rings is 1. The fraction of sp³-hybridized carbons (Fsp3) is 0.263. The molecular formula is C19H16Cl2N2OS2. The van der Waals surface area contributed by atoms with Gasteiger partial charge in [0.2, 0.25) is 5.43 Å². The Morgan fingerprint density at radius 1 is 1.31 bits per heavy atom. The molecule has 0 saturated heterocycles. The fourth-order valence-corrected chi connectivity index (χ4v) is 5.81. The van der Waals surface area contributed by atoms with E-state index in [0.29, 0.717) is 27.9 Å². The molecule has 0 atom stereocenters. The number of nitrogens with zero attached hydrogens (tertiary/aromatic N) is 2. The predicted molar refractivity (Wildman–Crippen MR) is 112 cm³/mol. The van der Waals surface area contributed by atoms with Crippen molar-refractivity contribution in [2.45, 2.75) is 36.7 Å². The lowest BCUT2D eigenvalue weighted by Crippen LogP contribution is -2.07. The lowest BCUT2D eigenvalue weighted by molar-refractivity contribution is 0.752. The molecule has 1 aromatic carbocycles. The Bertz CT molecular complexity index is 1070. The minimum Gasteiger partial charge on any atom is -0.307 e. The van der Waals surface area contributed by atoms with Gasteiger partial charge >= 0.3 is 0 Å². The third-order valence-electron chi connectivity index (χ3n) is 4.43. The third-order valence-corrected chi connectivity index (χ3v) is 7.52. The molecule has 0 spiro atoms. The number of aryl methyl sites for hydroxylation is 1. The van der Waals surface area contributed by atoms with Gasteiger partial charge in [-0.05, 0) is 37.0 Å². The van der Waals surface area contributed by atoms with Gasteiger partial charge in [-0.2, -0.15) is 0 Å². The Morgan fingerprint density at radius 3 is 2.92 bits per heavy atom. The second-order valence-corrected chi connectivity index (χ2v) is 9.01. The summed E-state index contributed by atoms with van der Waals surface area (Å²) in [5.74, 6) is 0.704. The summed E-state index contributed by atoms with van der Waals surface area (Å²) >= 11 is 15.4. The molecule has 0 amide bonds. The van der Waals surface area contributed by atoms with E-state index in [4.69, 9.17) is 23.2 Å². The first-order chi connectivity index (χ1) is 12.6. The van der Waals surface area contributed by atoms with Crippen LogP contribution in [0.5, 0.6) is 0 Å². The number of allylic oxidation sites excluding steroid dienone is 1. The Morgan fingerprint density at radius 2 is 2.15 bits per heavy atom. The van der Waals surface area contributed by atoms with E-state index in [0.717, 1.165) is 40.4 Å². The molecule has 2 aromatic heterocycles. The molecule has 1 aliphatic carbocycles. The van der Waals surface area contributed by atoms with E-state index < -0.39 is 0 Å². The molecule has 1 aliphatic rings. The molecule has 0 radical (unpaired) electrons. The molecule has 0 saturated carbocycles. The van der Waals surface area contributed by atoms with Crippen molar-refractivity contribution >= 4 is 56.6 Å². The maximum absolute atomic E-state index is 12.8. The minimum absolute atomic E-state index is 0.102. The number of aromatic nitrogens is 2. The van der Waals surface area contributed by atoms with Crippen molar-refractivity contribution in [1.29, 1.82) is 0 Å². The average molecular weight is 423 g/mol. The van der Waals surface area contributed by atoms with E-state index in [-0.39, 0.29) is 5.43 Å². The zero-order valence-electron chi connectivity index (χ0n) is 13.9. The highest BCUT2D eigenvalue weighted by atomic mass is 35.5. The largest absolute Gasteiger partial charge is 0.307 e. The monoisotopic (exact) mass is 422 g/mol. The van der Waals surface area contributed by atoms with Crippen LogP contribution < -0.4 is 5.43 Å². The van der Waals surface area contributed by atoms with E-state index in [9.17, 15) is 4.79 Å². The summed E-state index contributed by atoms with van der Waals surface area (Å²) in [6.07, 6.45) is 4.78. The van der Waals surface area contributed by atoms with Crippen molar-refractivity contribution in [1.82, 2.24) is 9.55 Å². The predicted octanol–water partition coefficient (Wildman–Crippen LogP) is 5.73. The standard InChI is InChI=1S/C19H16Cl2N2OS2/c1-2-8-23-18-16(17(24)12-4-3-5-15(12)26-18)22-19(23)25-10-11-6-7-13(20)14(21)9-11/h2,6-7,9H,1,3-5,8,10H2. The molecule has 0 bridgehead atoms. The van der Waals surface area contributed by atoms with Crippen molar-refractivity contribution in [3.63, 3.8) is 0 Å². The number of hydrogen-bond donors (Lipinski definition) is 0. The normalized spacial score (nSPS) is 13.3. The zero-order chi connectivity index (χ0) is 18.3. The van der Waals surface area contributed by atoms with E-state index in [2.05, 4.69) is 16.1 Å². The number of hydrogen-bond acceptors (Lipinski definition) is 4. The van der Waals surface area contributed by atoms with Crippen LogP contribution in [0.25, 0.3) is 10.3 Å². The molecule has 4 rings (SSSR count). The minimum atomic E-state index is 0.102. The van der Waals surface area contributed by atoms with Crippen LogP contribution in [0.2, 0.25) is 10.0 Å². The van der Waals surface area contributed by atoms with Gasteiger partial charge in [0.1, 0.15) is 10.3 Å². The van der Waals surface area contributed by atoms with Gasteiger partial charge in [0.15, 0.2) is 5.16 Å². The summed E-state index contributed by atoms with van der Waals surface area (Å²) in [5.41, 5.74) is 2.72. The van der Waals surface area contributed by atoms with E-state index in [1.807, 2.05) is 18.2 Å². The summed E-state index contributed by atoms with van der Waals surface area (Å²) in [6, 6.07) is 5.63. The molecular weight excluding hydrogens is 407 g/mol. The third kappa shape index (κ3) is 3.22. The van der Waals surface area contributed by atoms with Crippen LogP contribution >= 0.6 is 46.3 Å². The van der Waals surface area contributed by atoms with E-state index in [1.54, 1.807) is 29.2 Å². The Hall–Kier alpha value is -1.27. The Kier molecular flexibility index (Phi) is 5.15. The highest BCUT2D eigenvalue weighted by Gasteiger charge is 2.22. The molecule has 0 unspecified atom stereocenters. The van der Waals surface area contributed by atoms with Crippen molar-refractivity contribution in [2.24, 2.45) is 0 Å². The van der Waals surface area contributed by atoms with Gasteiger partial charge in [-0.1, -0.05) is 47.1 Å². The second kappa shape index (κ2) is 7.39. The molecule has 7 heteroatoms. The molecule has 0 fully saturated rings. The summed E-state index contributed by atoms with van der Waals surface area (Å²) in [6.45, 7) is 4.49. The van der Waals surface area contributed by atoms with Crippen LogP contribution in [0, 0.1) is 0 Å². The van der Waals surface area contributed by atoms with Gasteiger partial charge in [-0.3, -0.25) is 4.79 Å². The van der Waals surface area contributed by atoms with Gasteiger partial charge < -0.3 is 4.57 Å². The van der Waals surface area contributed by atoms with Crippen molar-refractivity contribution in [2.75, 3.05) is 0 Å². The molecule has 0 N–H and O–H groups in total. The second-order valence-electron chi connectivity index (χ2n) is 6.17. The van der Waals surface area contributed by atoms with Crippen molar-refractivity contribution in [3.05, 3.63) is 67.1 Å². The molecule has 2 heterocycles. The fourth-order valence-electron chi connectivity index (χ4n) is 3.18. The first-order valence-electron chi connectivity index (χ1n) is 8.31.